The van der Waals surface area contributed by atoms with Crippen molar-refractivity contribution in [1.82, 2.24) is 4.90 Å². The highest BCUT2D eigenvalue weighted by Gasteiger charge is 2.39. The van der Waals surface area contributed by atoms with Crippen LogP contribution in [0.5, 0.6) is 5.75 Å². The second kappa shape index (κ2) is 4.31. The van der Waals surface area contributed by atoms with Crippen LogP contribution in [0.4, 0.5) is 0 Å². The number of piperidine rings is 1. The highest BCUT2D eigenvalue weighted by atomic mass is 16.3. The van der Waals surface area contributed by atoms with E-state index in [2.05, 4.69) is 4.90 Å². The number of rotatable bonds is 2. The van der Waals surface area contributed by atoms with Crippen molar-refractivity contribution >= 4 is 0 Å². The normalized spacial score (nSPS) is 32.9. The molecule has 2 saturated heterocycles. The predicted molar refractivity (Wildman–Crippen MR) is 65.7 cm³/mol. The lowest BCUT2D eigenvalue weighted by Gasteiger charge is -2.37. The molecule has 0 aliphatic carbocycles. The van der Waals surface area contributed by atoms with Crippen molar-refractivity contribution in [1.29, 1.82) is 0 Å². The molecule has 2 N–H and O–H groups in total. The summed E-state index contributed by atoms with van der Waals surface area (Å²) >= 11 is 0. The lowest BCUT2D eigenvalue weighted by molar-refractivity contribution is 0.0310. The molecule has 92 valence electrons. The Labute approximate surface area is 102 Å². The quantitative estimate of drug-likeness (QED) is 0.819. The van der Waals surface area contributed by atoms with Gasteiger partial charge >= 0.3 is 0 Å². The minimum absolute atomic E-state index is 0.0939. The maximum Gasteiger partial charge on any atom is 0.115 e. The van der Waals surface area contributed by atoms with Crippen LogP contribution in [0.2, 0.25) is 0 Å². The highest BCUT2D eigenvalue weighted by Crippen LogP contribution is 2.36. The van der Waals surface area contributed by atoms with Gasteiger partial charge in [-0.25, -0.2) is 0 Å². The van der Waals surface area contributed by atoms with Gasteiger partial charge in [0.15, 0.2) is 0 Å². The van der Waals surface area contributed by atoms with E-state index in [-0.39, 0.29) is 6.10 Å². The molecule has 0 aromatic heterocycles. The summed E-state index contributed by atoms with van der Waals surface area (Å²) in [7, 11) is 0. The maximum atomic E-state index is 9.75. The van der Waals surface area contributed by atoms with E-state index in [1.807, 2.05) is 12.1 Å². The molecule has 3 rings (SSSR count). The molecule has 2 heterocycles. The van der Waals surface area contributed by atoms with Crippen LogP contribution in [0.1, 0.15) is 31.2 Å². The zero-order valence-electron chi connectivity index (χ0n) is 9.92. The lowest BCUT2D eigenvalue weighted by atomic mass is 9.99. The average Bonchev–Trinajstić information content (AvgIpc) is 2.56. The Morgan fingerprint density at radius 3 is 2.24 bits per heavy atom. The Balaban J connectivity index is 1.72. The molecule has 2 aliphatic heterocycles. The highest BCUT2D eigenvalue weighted by molar-refractivity contribution is 5.26. The van der Waals surface area contributed by atoms with Gasteiger partial charge in [0.1, 0.15) is 5.75 Å². The molecule has 2 aliphatic rings. The number of aliphatic hydroxyl groups is 1. The van der Waals surface area contributed by atoms with Crippen molar-refractivity contribution in [3.63, 3.8) is 0 Å². The van der Waals surface area contributed by atoms with E-state index in [9.17, 15) is 10.2 Å². The Morgan fingerprint density at radius 2 is 1.65 bits per heavy atom. The summed E-state index contributed by atoms with van der Waals surface area (Å²) in [5, 5.41) is 19.0. The summed E-state index contributed by atoms with van der Waals surface area (Å²) in [5.74, 6) is 0.325. The van der Waals surface area contributed by atoms with Gasteiger partial charge in [-0.05, 0) is 43.4 Å². The molecule has 3 heteroatoms. The number of hydrogen-bond donors (Lipinski definition) is 2. The van der Waals surface area contributed by atoms with Gasteiger partial charge in [0, 0.05) is 18.6 Å². The topological polar surface area (TPSA) is 43.7 Å². The summed E-state index contributed by atoms with van der Waals surface area (Å²) in [5.41, 5.74) is 1.25. The second-order valence-corrected chi connectivity index (χ2v) is 5.35. The third kappa shape index (κ3) is 2.17. The van der Waals surface area contributed by atoms with Crippen LogP contribution in [0.3, 0.4) is 0 Å². The number of aliphatic hydroxyl groups excluding tert-OH is 1. The van der Waals surface area contributed by atoms with Crippen LogP contribution in [-0.4, -0.2) is 33.3 Å². The van der Waals surface area contributed by atoms with Crippen molar-refractivity contribution in [3.8, 4) is 5.75 Å². The van der Waals surface area contributed by atoms with Crippen molar-refractivity contribution in [2.24, 2.45) is 0 Å². The third-order valence-electron chi connectivity index (χ3n) is 4.16. The summed E-state index contributed by atoms with van der Waals surface area (Å²) < 4.78 is 0. The molecule has 3 nitrogen and oxygen atoms in total. The zero-order chi connectivity index (χ0) is 11.8. The summed E-state index contributed by atoms with van der Waals surface area (Å²) in [4.78, 5) is 2.53. The Hall–Kier alpha value is -1.06. The van der Waals surface area contributed by atoms with Crippen molar-refractivity contribution in [3.05, 3.63) is 29.8 Å². The van der Waals surface area contributed by atoms with Crippen LogP contribution in [0.25, 0.3) is 0 Å². The van der Waals surface area contributed by atoms with Crippen molar-refractivity contribution < 1.29 is 10.2 Å². The third-order valence-corrected chi connectivity index (χ3v) is 4.16. The van der Waals surface area contributed by atoms with Crippen LogP contribution >= 0.6 is 0 Å². The maximum absolute atomic E-state index is 9.75. The molecular formula is C14H19NO2. The first-order valence-electron chi connectivity index (χ1n) is 6.44. The van der Waals surface area contributed by atoms with E-state index in [4.69, 9.17) is 0 Å². The molecule has 2 atom stereocenters. The Morgan fingerprint density at radius 1 is 1.06 bits per heavy atom. The SMILES string of the molecule is Oc1ccc(CN2C3CCC2CC(O)C3)cc1. The molecule has 2 fully saturated rings. The largest absolute Gasteiger partial charge is 0.508 e. The molecule has 0 amide bonds. The minimum atomic E-state index is -0.0939. The van der Waals surface area contributed by atoms with Crippen molar-refractivity contribution in [2.45, 2.75) is 50.4 Å². The molecule has 2 bridgehead atoms. The van der Waals surface area contributed by atoms with Gasteiger partial charge in [0.2, 0.25) is 0 Å². The first kappa shape index (κ1) is 11.1. The molecule has 0 saturated carbocycles. The molecule has 1 aromatic rings. The van der Waals surface area contributed by atoms with E-state index < -0.39 is 0 Å². The number of nitrogens with zero attached hydrogens (tertiary/aromatic N) is 1. The molecule has 1 aromatic carbocycles. The van der Waals surface area contributed by atoms with Gasteiger partial charge in [0.25, 0.3) is 0 Å². The second-order valence-electron chi connectivity index (χ2n) is 5.35. The smallest absolute Gasteiger partial charge is 0.115 e. The number of fused-ring (bicyclic) bond motifs is 2. The van der Waals surface area contributed by atoms with E-state index >= 15 is 0 Å². The van der Waals surface area contributed by atoms with Gasteiger partial charge in [-0.15, -0.1) is 0 Å². The van der Waals surface area contributed by atoms with Gasteiger partial charge in [-0.1, -0.05) is 12.1 Å². The molecular weight excluding hydrogens is 214 g/mol. The molecule has 2 unspecified atom stereocenters. The number of hydrogen-bond acceptors (Lipinski definition) is 3. The number of phenolic OH excluding ortho intramolecular Hbond substituents is 1. The number of benzene rings is 1. The van der Waals surface area contributed by atoms with Crippen LogP contribution in [-0.2, 0) is 6.54 Å². The fourth-order valence-corrected chi connectivity index (χ4v) is 3.32. The summed E-state index contributed by atoms with van der Waals surface area (Å²) in [6.07, 6.45) is 4.20. The molecule has 0 radical (unpaired) electrons. The lowest BCUT2D eigenvalue weighted by Crippen LogP contribution is -2.43. The van der Waals surface area contributed by atoms with Crippen molar-refractivity contribution in [2.75, 3.05) is 0 Å². The van der Waals surface area contributed by atoms with Crippen LogP contribution in [0.15, 0.2) is 24.3 Å². The van der Waals surface area contributed by atoms with E-state index in [0.29, 0.717) is 17.8 Å². The number of phenols is 1. The Bertz CT molecular complexity index is 376. The first-order chi connectivity index (χ1) is 8.22. The Kier molecular flexibility index (Phi) is 2.81. The van der Waals surface area contributed by atoms with E-state index in [0.717, 1.165) is 19.4 Å². The standard InChI is InChI=1S/C14H19NO2/c16-13-5-1-10(2-6-13)9-15-11-3-4-12(15)8-14(17)7-11/h1-2,5-6,11-12,14,16-17H,3-4,7-9H2. The minimum Gasteiger partial charge on any atom is -0.508 e. The predicted octanol–water partition coefficient (Wildman–Crippen LogP) is 1.88. The van der Waals surface area contributed by atoms with Gasteiger partial charge in [-0.2, -0.15) is 0 Å². The average molecular weight is 233 g/mol. The van der Waals surface area contributed by atoms with Gasteiger partial charge in [0.05, 0.1) is 6.10 Å². The van der Waals surface area contributed by atoms with Gasteiger partial charge < -0.3 is 10.2 Å². The van der Waals surface area contributed by atoms with Gasteiger partial charge in [-0.3, -0.25) is 4.90 Å². The summed E-state index contributed by atoms with van der Waals surface area (Å²) in [6, 6.07) is 8.57. The van der Waals surface area contributed by atoms with E-state index in [1.165, 1.54) is 18.4 Å². The zero-order valence-corrected chi connectivity index (χ0v) is 9.92. The first-order valence-corrected chi connectivity index (χ1v) is 6.44. The number of aromatic hydroxyl groups is 1. The molecule has 0 spiro atoms. The van der Waals surface area contributed by atoms with E-state index in [1.54, 1.807) is 12.1 Å². The van der Waals surface area contributed by atoms with Crippen LogP contribution in [0, 0.1) is 0 Å². The van der Waals surface area contributed by atoms with Crippen LogP contribution < -0.4 is 0 Å². The monoisotopic (exact) mass is 233 g/mol. The molecule has 17 heavy (non-hydrogen) atoms. The fourth-order valence-electron chi connectivity index (χ4n) is 3.32. The fraction of sp³-hybridized carbons (Fsp3) is 0.571. The summed E-state index contributed by atoms with van der Waals surface area (Å²) in [6.45, 7) is 0.947.